The quantitative estimate of drug-likeness (QED) is 0.702. The first-order chi connectivity index (χ1) is 10.2. The van der Waals surface area contributed by atoms with Gasteiger partial charge >= 0.3 is 6.03 Å². The number of carbonyl (C=O) groups is 1. The lowest BCUT2D eigenvalue weighted by Gasteiger charge is -2.37. The van der Waals surface area contributed by atoms with Crippen molar-refractivity contribution in [2.75, 3.05) is 39.3 Å². The molecule has 1 saturated heterocycles. The van der Waals surface area contributed by atoms with E-state index in [0.717, 1.165) is 38.4 Å². The van der Waals surface area contributed by atoms with E-state index in [9.17, 15) is 4.79 Å². The molecular weight excluding hydrogens is 268 g/mol. The van der Waals surface area contributed by atoms with E-state index in [0.29, 0.717) is 19.1 Å². The van der Waals surface area contributed by atoms with Crippen LogP contribution >= 0.6 is 0 Å². The lowest BCUT2D eigenvalue weighted by Crippen LogP contribution is -2.52. The van der Waals surface area contributed by atoms with E-state index in [4.69, 9.17) is 0 Å². The SMILES string of the molecule is CCN1CCN(C(C)CNC(=O)NCc2ccn[nH]2)CC1. The fourth-order valence-corrected chi connectivity index (χ4v) is 2.51. The Labute approximate surface area is 126 Å². The molecule has 0 aromatic carbocycles. The van der Waals surface area contributed by atoms with Gasteiger partial charge in [-0.15, -0.1) is 0 Å². The number of piperazine rings is 1. The van der Waals surface area contributed by atoms with E-state index < -0.39 is 0 Å². The molecule has 1 atom stereocenters. The van der Waals surface area contributed by atoms with Crippen molar-refractivity contribution in [3.8, 4) is 0 Å². The standard InChI is InChI=1S/C14H26N6O/c1-3-19-6-8-20(9-7-19)12(2)10-15-14(21)16-11-13-4-5-17-18-13/h4-5,12H,3,6-11H2,1-2H3,(H,17,18)(H2,15,16,21). The summed E-state index contributed by atoms with van der Waals surface area (Å²) < 4.78 is 0. The lowest BCUT2D eigenvalue weighted by molar-refractivity contribution is 0.106. The van der Waals surface area contributed by atoms with Crippen LogP contribution in [0.2, 0.25) is 0 Å². The molecular formula is C14H26N6O. The molecule has 1 fully saturated rings. The summed E-state index contributed by atoms with van der Waals surface area (Å²) in [5.41, 5.74) is 0.897. The molecule has 2 rings (SSSR count). The summed E-state index contributed by atoms with van der Waals surface area (Å²) in [4.78, 5) is 16.6. The molecule has 0 radical (unpaired) electrons. The highest BCUT2D eigenvalue weighted by molar-refractivity contribution is 5.73. The molecule has 1 unspecified atom stereocenters. The minimum atomic E-state index is -0.136. The number of H-pyrrole nitrogens is 1. The number of urea groups is 1. The van der Waals surface area contributed by atoms with Crippen molar-refractivity contribution in [1.82, 2.24) is 30.6 Å². The molecule has 1 aromatic heterocycles. The van der Waals surface area contributed by atoms with Crippen LogP contribution in [-0.4, -0.2) is 71.3 Å². The van der Waals surface area contributed by atoms with Crippen molar-refractivity contribution < 1.29 is 4.79 Å². The molecule has 0 spiro atoms. The number of aromatic amines is 1. The highest BCUT2D eigenvalue weighted by Gasteiger charge is 2.20. The molecule has 1 aliphatic heterocycles. The number of aromatic nitrogens is 2. The van der Waals surface area contributed by atoms with Crippen LogP contribution in [0.4, 0.5) is 4.79 Å². The maximum absolute atomic E-state index is 11.7. The summed E-state index contributed by atoms with van der Waals surface area (Å²) in [6, 6.07) is 2.07. The Bertz CT molecular complexity index is 413. The summed E-state index contributed by atoms with van der Waals surface area (Å²) in [6.45, 7) is 11.0. The number of hydrogen-bond acceptors (Lipinski definition) is 4. The third-order valence-corrected chi connectivity index (χ3v) is 4.03. The number of likely N-dealkylation sites (N-methyl/N-ethyl adjacent to an activating group) is 1. The van der Waals surface area contributed by atoms with Crippen molar-refractivity contribution >= 4 is 6.03 Å². The van der Waals surface area contributed by atoms with Crippen LogP contribution in [-0.2, 0) is 6.54 Å². The summed E-state index contributed by atoms with van der Waals surface area (Å²) in [6.07, 6.45) is 1.67. The van der Waals surface area contributed by atoms with Crippen molar-refractivity contribution in [3.05, 3.63) is 18.0 Å². The predicted octanol–water partition coefficient (Wildman–Crippen LogP) is 0.235. The first kappa shape index (κ1) is 15.8. The average Bonchev–Trinajstić information content (AvgIpc) is 3.04. The molecule has 21 heavy (non-hydrogen) atoms. The number of hydrogen-bond donors (Lipinski definition) is 3. The maximum Gasteiger partial charge on any atom is 0.315 e. The summed E-state index contributed by atoms with van der Waals surface area (Å²) in [5.74, 6) is 0. The van der Waals surface area contributed by atoms with E-state index in [1.54, 1.807) is 6.20 Å². The van der Waals surface area contributed by atoms with E-state index in [1.807, 2.05) is 6.07 Å². The Morgan fingerprint density at radius 2 is 2.14 bits per heavy atom. The van der Waals surface area contributed by atoms with Gasteiger partial charge in [-0.3, -0.25) is 10.00 Å². The van der Waals surface area contributed by atoms with Crippen LogP contribution in [0.1, 0.15) is 19.5 Å². The zero-order valence-corrected chi connectivity index (χ0v) is 12.9. The van der Waals surface area contributed by atoms with Crippen LogP contribution in [0.3, 0.4) is 0 Å². The average molecular weight is 294 g/mol. The fourth-order valence-electron chi connectivity index (χ4n) is 2.51. The third kappa shape index (κ3) is 5.02. The monoisotopic (exact) mass is 294 g/mol. The molecule has 2 heterocycles. The van der Waals surface area contributed by atoms with Crippen LogP contribution in [0.15, 0.2) is 12.3 Å². The number of carbonyl (C=O) groups excluding carboxylic acids is 1. The first-order valence-electron chi connectivity index (χ1n) is 7.65. The van der Waals surface area contributed by atoms with Gasteiger partial charge in [0.15, 0.2) is 0 Å². The Balaban J connectivity index is 1.62. The molecule has 0 bridgehead atoms. The minimum absolute atomic E-state index is 0.136. The molecule has 7 nitrogen and oxygen atoms in total. The van der Waals surface area contributed by atoms with Gasteiger partial charge in [0.25, 0.3) is 0 Å². The predicted molar refractivity (Wildman–Crippen MR) is 82.0 cm³/mol. The Hall–Kier alpha value is -1.60. The molecule has 118 valence electrons. The molecule has 0 saturated carbocycles. The van der Waals surface area contributed by atoms with E-state index in [2.05, 4.69) is 44.5 Å². The first-order valence-corrected chi connectivity index (χ1v) is 7.65. The van der Waals surface area contributed by atoms with Crippen LogP contribution < -0.4 is 10.6 Å². The highest BCUT2D eigenvalue weighted by Crippen LogP contribution is 2.05. The van der Waals surface area contributed by atoms with Gasteiger partial charge in [-0.1, -0.05) is 6.92 Å². The number of nitrogens with one attached hydrogen (secondary N) is 3. The minimum Gasteiger partial charge on any atom is -0.337 e. The van der Waals surface area contributed by atoms with Gasteiger partial charge in [0, 0.05) is 45.0 Å². The van der Waals surface area contributed by atoms with Crippen LogP contribution in [0, 0.1) is 0 Å². The Kier molecular flexibility index (Phi) is 6.01. The molecule has 2 amide bonds. The highest BCUT2D eigenvalue weighted by atomic mass is 16.2. The van der Waals surface area contributed by atoms with Crippen molar-refractivity contribution in [1.29, 1.82) is 0 Å². The topological polar surface area (TPSA) is 76.3 Å². The summed E-state index contributed by atoms with van der Waals surface area (Å²) >= 11 is 0. The van der Waals surface area contributed by atoms with Crippen molar-refractivity contribution in [3.63, 3.8) is 0 Å². The molecule has 3 N–H and O–H groups in total. The third-order valence-electron chi connectivity index (χ3n) is 4.03. The van der Waals surface area contributed by atoms with Gasteiger partial charge in [0.1, 0.15) is 0 Å². The number of rotatable bonds is 6. The van der Waals surface area contributed by atoms with Gasteiger partial charge < -0.3 is 15.5 Å². The summed E-state index contributed by atoms with van der Waals surface area (Å²) in [5, 5.41) is 12.4. The van der Waals surface area contributed by atoms with Gasteiger partial charge in [-0.2, -0.15) is 5.10 Å². The largest absolute Gasteiger partial charge is 0.337 e. The second kappa shape index (κ2) is 7.99. The van der Waals surface area contributed by atoms with Crippen molar-refractivity contribution in [2.45, 2.75) is 26.4 Å². The van der Waals surface area contributed by atoms with Gasteiger partial charge in [-0.25, -0.2) is 4.79 Å². The summed E-state index contributed by atoms with van der Waals surface area (Å²) in [7, 11) is 0. The number of nitrogens with zero attached hydrogens (tertiary/aromatic N) is 3. The lowest BCUT2D eigenvalue weighted by atomic mass is 10.2. The fraction of sp³-hybridized carbons (Fsp3) is 0.714. The number of amides is 2. The van der Waals surface area contributed by atoms with Gasteiger partial charge in [0.2, 0.25) is 0 Å². The van der Waals surface area contributed by atoms with Gasteiger partial charge in [-0.05, 0) is 19.5 Å². The normalized spacial score (nSPS) is 18.4. The zero-order chi connectivity index (χ0) is 15.1. The molecule has 0 aliphatic carbocycles. The Morgan fingerprint density at radius 3 is 2.76 bits per heavy atom. The Morgan fingerprint density at radius 1 is 1.38 bits per heavy atom. The molecule has 1 aromatic rings. The zero-order valence-electron chi connectivity index (χ0n) is 12.9. The van der Waals surface area contributed by atoms with Crippen LogP contribution in [0.5, 0.6) is 0 Å². The maximum atomic E-state index is 11.7. The second-order valence-corrected chi connectivity index (χ2v) is 5.46. The van der Waals surface area contributed by atoms with E-state index in [-0.39, 0.29) is 6.03 Å². The molecule has 1 aliphatic rings. The second-order valence-electron chi connectivity index (χ2n) is 5.46. The van der Waals surface area contributed by atoms with E-state index in [1.165, 1.54) is 0 Å². The smallest absolute Gasteiger partial charge is 0.315 e. The van der Waals surface area contributed by atoms with E-state index >= 15 is 0 Å². The van der Waals surface area contributed by atoms with Gasteiger partial charge in [0.05, 0.1) is 12.2 Å². The van der Waals surface area contributed by atoms with Crippen molar-refractivity contribution in [2.24, 2.45) is 0 Å². The molecule has 7 heteroatoms. The van der Waals surface area contributed by atoms with Crippen LogP contribution in [0.25, 0.3) is 0 Å².